The molecule has 3 atom stereocenters. The van der Waals surface area contributed by atoms with Crippen molar-refractivity contribution in [2.45, 2.75) is 44.6 Å². The molecule has 0 amide bonds. The molecule has 0 spiro atoms. The standard InChI is InChI=1S/C13H19ClOS/c1-3-9-5-6-12(16-9)13(14)10-7-8-15-11(10)4-2/h5-6,10-11,13H,3-4,7-8H2,1-2H3. The minimum atomic E-state index is 0.137. The Morgan fingerprint density at radius 1 is 1.50 bits per heavy atom. The Morgan fingerprint density at radius 2 is 2.31 bits per heavy atom. The molecule has 0 saturated carbocycles. The highest BCUT2D eigenvalue weighted by Gasteiger charge is 2.33. The third kappa shape index (κ3) is 2.44. The lowest BCUT2D eigenvalue weighted by atomic mass is 9.95. The van der Waals surface area contributed by atoms with Crippen molar-refractivity contribution < 1.29 is 4.74 Å². The van der Waals surface area contributed by atoms with Crippen LogP contribution < -0.4 is 0 Å². The van der Waals surface area contributed by atoms with Gasteiger partial charge in [0.1, 0.15) is 0 Å². The third-order valence-electron chi connectivity index (χ3n) is 3.34. The SMILES string of the molecule is CCc1ccc(C(Cl)C2CCOC2CC)s1. The molecule has 3 heteroatoms. The van der Waals surface area contributed by atoms with Gasteiger partial charge in [-0.15, -0.1) is 22.9 Å². The predicted molar refractivity (Wildman–Crippen MR) is 70.4 cm³/mol. The average molecular weight is 259 g/mol. The fraction of sp³-hybridized carbons (Fsp3) is 0.692. The molecule has 1 saturated heterocycles. The summed E-state index contributed by atoms with van der Waals surface area (Å²) in [5.74, 6) is 0.495. The van der Waals surface area contributed by atoms with Crippen LogP contribution in [-0.4, -0.2) is 12.7 Å². The first-order valence-corrected chi connectivity index (χ1v) is 7.35. The summed E-state index contributed by atoms with van der Waals surface area (Å²) in [5, 5.41) is 0.137. The lowest BCUT2D eigenvalue weighted by Gasteiger charge is -2.21. The Kier molecular flexibility index (Phi) is 4.28. The Hall–Kier alpha value is -0.0500. The Balaban J connectivity index is 2.08. The summed E-state index contributed by atoms with van der Waals surface area (Å²) < 4.78 is 5.71. The van der Waals surface area contributed by atoms with Crippen LogP contribution in [0.4, 0.5) is 0 Å². The fourth-order valence-corrected chi connectivity index (χ4v) is 3.87. The van der Waals surface area contributed by atoms with Gasteiger partial charge in [-0.05, 0) is 31.4 Å². The number of hydrogen-bond donors (Lipinski definition) is 0. The zero-order valence-electron chi connectivity index (χ0n) is 9.91. The average Bonchev–Trinajstić information content (AvgIpc) is 2.96. The van der Waals surface area contributed by atoms with Gasteiger partial charge in [0.05, 0.1) is 11.5 Å². The van der Waals surface area contributed by atoms with Crippen LogP contribution in [-0.2, 0) is 11.2 Å². The Bertz CT molecular complexity index is 336. The molecule has 3 unspecified atom stereocenters. The maximum absolute atomic E-state index is 6.59. The summed E-state index contributed by atoms with van der Waals surface area (Å²) in [6.07, 6.45) is 3.63. The smallest absolute Gasteiger partial charge is 0.0732 e. The molecule has 16 heavy (non-hydrogen) atoms. The number of ether oxygens (including phenoxy) is 1. The summed E-state index contributed by atoms with van der Waals surface area (Å²) in [7, 11) is 0. The number of alkyl halides is 1. The van der Waals surface area contributed by atoms with Crippen LogP contribution in [0.5, 0.6) is 0 Å². The molecular formula is C13H19ClOS. The van der Waals surface area contributed by atoms with Gasteiger partial charge in [0.2, 0.25) is 0 Å². The number of rotatable bonds is 4. The summed E-state index contributed by atoms with van der Waals surface area (Å²) in [5.41, 5.74) is 0. The highest BCUT2D eigenvalue weighted by atomic mass is 35.5. The molecule has 1 aliphatic rings. The Morgan fingerprint density at radius 3 is 2.94 bits per heavy atom. The number of aryl methyl sites for hydroxylation is 1. The van der Waals surface area contributed by atoms with Gasteiger partial charge in [-0.3, -0.25) is 0 Å². The molecule has 2 heterocycles. The summed E-state index contributed by atoms with van der Waals surface area (Å²) in [4.78, 5) is 2.74. The topological polar surface area (TPSA) is 9.23 Å². The quantitative estimate of drug-likeness (QED) is 0.727. The number of hydrogen-bond acceptors (Lipinski definition) is 2. The first-order valence-electron chi connectivity index (χ1n) is 6.10. The molecule has 0 bridgehead atoms. The highest BCUT2D eigenvalue weighted by molar-refractivity contribution is 7.12. The van der Waals surface area contributed by atoms with Crippen molar-refractivity contribution in [3.63, 3.8) is 0 Å². The van der Waals surface area contributed by atoms with Crippen molar-refractivity contribution in [3.8, 4) is 0 Å². The van der Waals surface area contributed by atoms with Crippen molar-refractivity contribution in [1.82, 2.24) is 0 Å². The van der Waals surface area contributed by atoms with E-state index >= 15 is 0 Å². The zero-order valence-corrected chi connectivity index (χ0v) is 11.5. The zero-order chi connectivity index (χ0) is 11.5. The molecule has 1 aromatic rings. The van der Waals surface area contributed by atoms with Crippen LogP contribution in [0.2, 0.25) is 0 Å². The molecule has 90 valence electrons. The van der Waals surface area contributed by atoms with Crippen LogP contribution in [0, 0.1) is 5.92 Å². The third-order valence-corrected chi connectivity index (χ3v) is 5.34. The largest absolute Gasteiger partial charge is 0.378 e. The van der Waals surface area contributed by atoms with Gasteiger partial charge in [-0.1, -0.05) is 13.8 Å². The summed E-state index contributed by atoms with van der Waals surface area (Å²) in [6.45, 7) is 5.24. The van der Waals surface area contributed by atoms with E-state index in [0.29, 0.717) is 12.0 Å². The van der Waals surface area contributed by atoms with Crippen LogP contribution in [0.3, 0.4) is 0 Å². The van der Waals surface area contributed by atoms with E-state index in [0.717, 1.165) is 25.9 Å². The summed E-state index contributed by atoms with van der Waals surface area (Å²) >= 11 is 8.44. The maximum atomic E-state index is 6.59. The second-order valence-corrected chi connectivity index (χ2v) is 6.00. The molecule has 0 aromatic carbocycles. The minimum Gasteiger partial charge on any atom is -0.378 e. The molecular weight excluding hydrogens is 240 g/mol. The van der Waals surface area contributed by atoms with Gasteiger partial charge in [0, 0.05) is 22.3 Å². The van der Waals surface area contributed by atoms with Crippen molar-refractivity contribution >= 4 is 22.9 Å². The molecule has 1 aliphatic heterocycles. The number of halogens is 1. The molecule has 2 rings (SSSR count). The number of thiophene rings is 1. The van der Waals surface area contributed by atoms with Gasteiger partial charge < -0.3 is 4.74 Å². The Labute approximate surface area is 107 Å². The lowest BCUT2D eigenvalue weighted by molar-refractivity contribution is 0.0866. The van der Waals surface area contributed by atoms with E-state index in [4.69, 9.17) is 16.3 Å². The minimum absolute atomic E-state index is 0.137. The highest BCUT2D eigenvalue weighted by Crippen LogP contribution is 2.41. The second-order valence-electron chi connectivity index (χ2n) is 4.33. The van der Waals surface area contributed by atoms with Gasteiger partial charge in [-0.25, -0.2) is 0 Å². The van der Waals surface area contributed by atoms with E-state index in [-0.39, 0.29) is 5.38 Å². The van der Waals surface area contributed by atoms with Crippen LogP contribution in [0.1, 0.15) is 41.8 Å². The van der Waals surface area contributed by atoms with Gasteiger partial charge in [-0.2, -0.15) is 0 Å². The molecule has 0 aliphatic carbocycles. The van der Waals surface area contributed by atoms with Crippen molar-refractivity contribution in [2.24, 2.45) is 5.92 Å². The van der Waals surface area contributed by atoms with Crippen molar-refractivity contribution in [3.05, 3.63) is 21.9 Å². The van der Waals surface area contributed by atoms with Crippen molar-refractivity contribution in [1.29, 1.82) is 0 Å². The van der Waals surface area contributed by atoms with Gasteiger partial charge in [0.25, 0.3) is 0 Å². The maximum Gasteiger partial charge on any atom is 0.0732 e. The van der Waals surface area contributed by atoms with Crippen molar-refractivity contribution in [2.75, 3.05) is 6.61 Å². The van der Waals surface area contributed by atoms with E-state index in [1.54, 1.807) is 0 Å². The molecule has 0 N–H and O–H groups in total. The molecule has 1 fully saturated rings. The molecule has 1 aromatic heterocycles. The molecule has 0 radical (unpaired) electrons. The van der Waals surface area contributed by atoms with Crippen LogP contribution in [0.15, 0.2) is 12.1 Å². The first kappa shape index (κ1) is 12.4. The van der Waals surface area contributed by atoms with Gasteiger partial charge in [0.15, 0.2) is 0 Å². The normalized spacial score (nSPS) is 27.2. The second kappa shape index (κ2) is 5.52. The van der Waals surface area contributed by atoms with Crippen LogP contribution >= 0.6 is 22.9 Å². The predicted octanol–water partition coefficient (Wildman–Crippen LogP) is 4.41. The first-order chi connectivity index (χ1) is 7.76. The fourth-order valence-electron chi connectivity index (χ4n) is 2.36. The summed E-state index contributed by atoms with van der Waals surface area (Å²) in [6, 6.07) is 4.39. The molecule has 1 nitrogen and oxygen atoms in total. The van der Waals surface area contributed by atoms with E-state index in [2.05, 4.69) is 26.0 Å². The lowest BCUT2D eigenvalue weighted by Crippen LogP contribution is -2.18. The van der Waals surface area contributed by atoms with E-state index in [1.807, 2.05) is 11.3 Å². The van der Waals surface area contributed by atoms with E-state index in [1.165, 1.54) is 9.75 Å². The van der Waals surface area contributed by atoms with E-state index < -0.39 is 0 Å². The van der Waals surface area contributed by atoms with Crippen LogP contribution in [0.25, 0.3) is 0 Å². The van der Waals surface area contributed by atoms with E-state index in [9.17, 15) is 0 Å². The van der Waals surface area contributed by atoms with Gasteiger partial charge >= 0.3 is 0 Å². The monoisotopic (exact) mass is 258 g/mol.